The van der Waals surface area contributed by atoms with E-state index in [0.717, 1.165) is 84.1 Å². The molecule has 0 aromatic carbocycles. The van der Waals surface area contributed by atoms with Gasteiger partial charge in [0.05, 0.1) is 0 Å². The first-order chi connectivity index (χ1) is 12.7. The summed E-state index contributed by atoms with van der Waals surface area (Å²) in [4.78, 5) is 18.2. The van der Waals surface area contributed by atoms with Gasteiger partial charge in [0.25, 0.3) is 0 Å². The Morgan fingerprint density at radius 1 is 1.19 bits per heavy atom. The Kier molecular flexibility index (Phi) is 9.77. The van der Waals surface area contributed by atoms with Gasteiger partial charge >= 0.3 is 0 Å². The summed E-state index contributed by atoms with van der Waals surface area (Å²) in [5.41, 5.74) is 0. The van der Waals surface area contributed by atoms with Crippen LogP contribution >= 0.6 is 0 Å². The number of guanidine groups is 1. The third kappa shape index (κ3) is 7.50. The standard InChI is InChI=1S/C19H36N4O3/c1-20-18(24)14-16-4-9-23(10-5-16)19(21-2)22-8-3-11-26-15-17-6-12-25-13-7-17/h16-17H,3-15H2,1-2H3,(H,20,24)(H,21,22). The summed E-state index contributed by atoms with van der Waals surface area (Å²) in [7, 11) is 3.54. The number of carbonyl (C=O) groups excluding carboxylic acids is 1. The summed E-state index contributed by atoms with van der Waals surface area (Å²) in [6.45, 7) is 6.20. The van der Waals surface area contributed by atoms with Gasteiger partial charge in [-0.05, 0) is 43.9 Å². The molecule has 2 rings (SSSR count). The van der Waals surface area contributed by atoms with Crippen molar-refractivity contribution in [2.45, 2.75) is 38.5 Å². The second-order valence-corrected chi connectivity index (χ2v) is 7.27. The van der Waals surface area contributed by atoms with Gasteiger partial charge in [-0.25, -0.2) is 0 Å². The summed E-state index contributed by atoms with van der Waals surface area (Å²) in [6.07, 6.45) is 5.96. The highest BCUT2D eigenvalue weighted by atomic mass is 16.5. The fraction of sp³-hybridized carbons (Fsp3) is 0.895. The van der Waals surface area contributed by atoms with Gasteiger partial charge in [0.15, 0.2) is 5.96 Å². The van der Waals surface area contributed by atoms with Gasteiger partial charge in [0.2, 0.25) is 5.91 Å². The molecule has 2 aliphatic heterocycles. The molecule has 0 saturated carbocycles. The number of piperidine rings is 1. The summed E-state index contributed by atoms with van der Waals surface area (Å²) in [6, 6.07) is 0. The third-order valence-electron chi connectivity index (χ3n) is 5.32. The normalized spacial score (nSPS) is 20.2. The highest BCUT2D eigenvalue weighted by Gasteiger charge is 2.22. The average molecular weight is 369 g/mol. The minimum absolute atomic E-state index is 0.145. The smallest absolute Gasteiger partial charge is 0.220 e. The molecule has 2 aliphatic rings. The topological polar surface area (TPSA) is 75.2 Å². The molecule has 150 valence electrons. The SMILES string of the molecule is CN=C(NCCCOCC1CCOCC1)N1CCC(CC(=O)NC)CC1. The molecule has 2 heterocycles. The maximum atomic E-state index is 11.5. The molecule has 0 atom stereocenters. The van der Waals surface area contributed by atoms with Gasteiger partial charge in [-0.1, -0.05) is 0 Å². The molecule has 26 heavy (non-hydrogen) atoms. The number of nitrogens with zero attached hydrogens (tertiary/aromatic N) is 2. The van der Waals surface area contributed by atoms with Gasteiger partial charge in [0, 0.05) is 66.6 Å². The van der Waals surface area contributed by atoms with Crippen molar-refractivity contribution >= 4 is 11.9 Å². The zero-order valence-corrected chi connectivity index (χ0v) is 16.5. The molecule has 0 aromatic rings. The number of aliphatic imine (C=N–C) groups is 1. The second kappa shape index (κ2) is 12.1. The Balaban J connectivity index is 1.54. The first kappa shape index (κ1) is 21.0. The van der Waals surface area contributed by atoms with E-state index in [1.165, 1.54) is 0 Å². The van der Waals surface area contributed by atoms with Crippen molar-refractivity contribution in [1.29, 1.82) is 0 Å². The predicted octanol–water partition coefficient (Wildman–Crippen LogP) is 1.24. The monoisotopic (exact) mass is 368 g/mol. The van der Waals surface area contributed by atoms with E-state index in [9.17, 15) is 4.79 Å². The molecule has 2 N–H and O–H groups in total. The number of carbonyl (C=O) groups is 1. The fourth-order valence-electron chi connectivity index (χ4n) is 3.58. The Labute approximate surface area is 157 Å². The van der Waals surface area contributed by atoms with Crippen molar-refractivity contribution in [3.8, 4) is 0 Å². The number of nitrogens with one attached hydrogen (secondary N) is 2. The third-order valence-corrected chi connectivity index (χ3v) is 5.32. The molecule has 0 unspecified atom stereocenters. The average Bonchev–Trinajstić information content (AvgIpc) is 2.69. The maximum absolute atomic E-state index is 11.5. The van der Waals surface area contributed by atoms with Crippen LogP contribution in [0.5, 0.6) is 0 Å². The van der Waals surface area contributed by atoms with Crippen LogP contribution in [-0.2, 0) is 14.3 Å². The molecule has 1 amide bonds. The minimum Gasteiger partial charge on any atom is -0.381 e. The van der Waals surface area contributed by atoms with Gasteiger partial charge in [-0.2, -0.15) is 0 Å². The lowest BCUT2D eigenvalue weighted by Crippen LogP contribution is -2.46. The molecule has 0 spiro atoms. The molecule has 0 aromatic heterocycles. The van der Waals surface area contributed by atoms with E-state index in [1.807, 2.05) is 7.05 Å². The number of likely N-dealkylation sites (tertiary alicyclic amines) is 1. The van der Waals surface area contributed by atoms with E-state index in [0.29, 0.717) is 18.3 Å². The van der Waals surface area contributed by atoms with E-state index in [2.05, 4.69) is 20.5 Å². The van der Waals surface area contributed by atoms with Crippen molar-refractivity contribution in [2.24, 2.45) is 16.8 Å². The molecular weight excluding hydrogens is 332 g/mol. The van der Waals surface area contributed by atoms with Crippen LogP contribution in [0.3, 0.4) is 0 Å². The highest BCUT2D eigenvalue weighted by Crippen LogP contribution is 2.20. The number of amides is 1. The Morgan fingerprint density at radius 2 is 1.92 bits per heavy atom. The summed E-state index contributed by atoms with van der Waals surface area (Å²) in [5, 5.41) is 6.16. The number of hydrogen-bond donors (Lipinski definition) is 2. The number of hydrogen-bond acceptors (Lipinski definition) is 4. The van der Waals surface area contributed by atoms with E-state index < -0.39 is 0 Å². The van der Waals surface area contributed by atoms with Gasteiger partial charge in [-0.3, -0.25) is 9.79 Å². The van der Waals surface area contributed by atoms with E-state index >= 15 is 0 Å². The van der Waals surface area contributed by atoms with Crippen molar-refractivity contribution in [3.63, 3.8) is 0 Å². The highest BCUT2D eigenvalue weighted by molar-refractivity contribution is 5.80. The van der Waals surface area contributed by atoms with E-state index in [4.69, 9.17) is 9.47 Å². The van der Waals surface area contributed by atoms with Crippen molar-refractivity contribution < 1.29 is 14.3 Å². The maximum Gasteiger partial charge on any atom is 0.220 e. The summed E-state index contributed by atoms with van der Waals surface area (Å²) in [5.74, 6) is 2.27. The van der Waals surface area contributed by atoms with Crippen molar-refractivity contribution in [3.05, 3.63) is 0 Å². The Bertz CT molecular complexity index is 431. The zero-order chi connectivity index (χ0) is 18.6. The van der Waals surface area contributed by atoms with Crippen LogP contribution in [-0.4, -0.2) is 76.9 Å². The van der Waals surface area contributed by atoms with Crippen molar-refractivity contribution in [2.75, 3.05) is 60.2 Å². The number of ether oxygens (including phenoxy) is 2. The molecule has 7 nitrogen and oxygen atoms in total. The van der Waals surface area contributed by atoms with Crippen molar-refractivity contribution in [1.82, 2.24) is 15.5 Å². The lowest BCUT2D eigenvalue weighted by molar-refractivity contribution is -0.121. The van der Waals surface area contributed by atoms with Gasteiger partial charge < -0.3 is 25.0 Å². The first-order valence-corrected chi connectivity index (χ1v) is 10.0. The minimum atomic E-state index is 0.145. The van der Waals surface area contributed by atoms with E-state index in [1.54, 1.807) is 7.05 Å². The van der Waals surface area contributed by atoms with E-state index in [-0.39, 0.29) is 5.91 Å². The van der Waals surface area contributed by atoms with Crippen LogP contribution in [0.4, 0.5) is 0 Å². The molecular formula is C19H36N4O3. The molecule has 0 aliphatic carbocycles. The largest absolute Gasteiger partial charge is 0.381 e. The first-order valence-electron chi connectivity index (χ1n) is 10.0. The Morgan fingerprint density at radius 3 is 2.58 bits per heavy atom. The summed E-state index contributed by atoms with van der Waals surface area (Å²) >= 11 is 0. The second-order valence-electron chi connectivity index (χ2n) is 7.27. The van der Waals surface area contributed by atoms with Crippen LogP contribution in [0.25, 0.3) is 0 Å². The molecule has 7 heteroatoms. The molecule has 0 radical (unpaired) electrons. The molecule has 2 saturated heterocycles. The molecule has 0 bridgehead atoms. The van der Waals surface area contributed by atoms with Gasteiger partial charge in [-0.15, -0.1) is 0 Å². The predicted molar refractivity (Wildman–Crippen MR) is 103 cm³/mol. The lowest BCUT2D eigenvalue weighted by atomic mass is 9.93. The van der Waals surface area contributed by atoms with Crippen LogP contribution in [0.2, 0.25) is 0 Å². The zero-order valence-electron chi connectivity index (χ0n) is 16.5. The van der Waals surface area contributed by atoms with Crippen LogP contribution in [0.15, 0.2) is 4.99 Å². The van der Waals surface area contributed by atoms with Gasteiger partial charge in [0.1, 0.15) is 0 Å². The Hall–Kier alpha value is -1.34. The summed E-state index contributed by atoms with van der Waals surface area (Å²) < 4.78 is 11.2. The van der Waals surface area contributed by atoms with Crippen LogP contribution in [0, 0.1) is 11.8 Å². The van der Waals surface area contributed by atoms with Crippen LogP contribution < -0.4 is 10.6 Å². The number of rotatable bonds is 8. The quantitative estimate of drug-likeness (QED) is 0.383. The lowest BCUT2D eigenvalue weighted by Gasteiger charge is -2.34. The fourth-order valence-corrected chi connectivity index (χ4v) is 3.58. The molecule has 2 fully saturated rings. The van der Waals surface area contributed by atoms with Crippen LogP contribution in [0.1, 0.15) is 38.5 Å².